The standard InChI is InChI=1S/C23H24N4O/c28-23(21-16-26-11-4-12-27(21)14-13-26)25-22-8-3-7-20(24-22)19-10-9-17-5-1-2-6-18(17)15-19/h1-3,5-10,15,21H,4,11-14,16H2,(H,24,25,28). The summed E-state index contributed by atoms with van der Waals surface area (Å²) in [5.41, 5.74) is 1.92. The van der Waals surface area contributed by atoms with E-state index in [4.69, 9.17) is 4.98 Å². The lowest BCUT2D eigenvalue weighted by Crippen LogP contribution is -2.55. The van der Waals surface area contributed by atoms with E-state index < -0.39 is 0 Å². The number of benzene rings is 2. The minimum atomic E-state index is -0.0811. The zero-order chi connectivity index (χ0) is 18.9. The van der Waals surface area contributed by atoms with Crippen LogP contribution in [0.2, 0.25) is 0 Å². The summed E-state index contributed by atoms with van der Waals surface area (Å²) in [5.74, 6) is 0.668. The molecule has 3 fully saturated rings. The first-order valence-electron chi connectivity index (χ1n) is 10.00. The largest absolute Gasteiger partial charge is 0.309 e. The van der Waals surface area contributed by atoms with Crippen LogP contribution < -0.4 is 5.32 Å². The number of amides is 1. The van der Waals surface area contributed by atoms with E-state index in [1.165, 1.54) is 10.8 Å². The molecule has 1 amide bonds. The summed E-state index contributed by atoms with van der Waals surface area (Å²) in [6, 6.07) is 20.4. The number of nitrogens with zero attached hydrogens (tertiary/aromatic N) is 3. The Morgan fingerprint density at radius 1 is 0.929 bits per heavy atom. The first kappa shape index (κ1) is 17.3. The van der Waals surface area contributed by atoms with E-state index in [1.54, 1.807) is 0 Å². The molecule has 2 bridgehead atoms. The molecule has 3 saturated heterocycles. The summed E-state index contributed by atoms with van der Waals surface area (Å²) >= 11 is 0. The van der Waals surface area contributed by atoms with Gasteiger partial charge in [0.05, 0.1) is 5.69 Å². The molecular weight excluding hydrogens is 348 g/mol. The Labute approximate surface area is 165 Å². The molecule has 142 valence electrons. The van der Waals surface area contributed by atoms with Gasteiger partial charge in [-0.25, -0.2) is 4.98 Å². The summed E-state index contributed by atoms with van der Waals surface area (Å²) in [6.07, 6.45) is 1.14. The third-order valence-corrected chi connectivity index (χ3v) is 5.84. The number of carbonyl (C=O) groups excluding carboxylic acids is 1. The topological polar surface area (TPSA) is 48.5 Å². The van der Waals surface area contributed by atoms with Crippen molar-refractivity contribution < 1.29 is 4.79 Å². The third kappa shape index (κ3) is 3.39. The second kappa shape index (κ2) is 7.34. The number of fused-ring (bicyclic) bond motifs is 5. The number of piperazine rings is 1. The molecule has 4 heterocycles. The van der Waals surface area contributed by atoms with E-state index >= 15 is 0 Å². The average molecular weight is 372 g/mol. The summed E-state index contributed by atoms with van der Waals surface area (Å²) in [4.78, 5) is 22.3. The molecule has 2 aromatic carbocycles. The molecule has 0 saturated carbocycles. The summed E-state index contributed by atoms with van der Waals surface area (Å²) in [6.45, 7) is 4.95. The number of rotatable bonds is 3. The smallest absolute Gasteiger partial charge is 0.244 e. The fourth-order valence-corrected chi connectivity index (χ4v) is 4.32. The highest BCUT2D eigenvalue weighted by atomic mass is 16.2. The monoisotopic (exact) mass is 372 g/mol. The van der Waals surface area contributed by atoms with Crippen molar-refractivity contribution in [2.45, 2.75) is 12.5 Å². The Balaban J connectivity index is 1.37. The maximum absolute atomic E-state index is 12.9. The quantitative estimate of drug-likeness (QED) is 0.767. The summed E-state index contributed by atoms with van der Waals surface area (Å²) < 4.78 is 0. The fraction of sp³-hybridized carbons (Fsp3) is 0.304. The van der Waals surface area contributed by atoms with Crippen molar-refractivity contribution in [2.24, 2.45) is 0 Å². The maximum atomic E-state index is 12.9. The van der Waals surface area contributed by atoms with Crippen LogP contribution in [0.3, 0.4) is 0 Å². The lowest BCUT2D eigenvalue weighted by molar-refractivity contribution is -0.122. The van der Waals surface area contributed by atoms with E-state index in [2.05, 4.69) is 45.4 Å². The number of hydrogen-bond acceptors (Lipinski definition) is 4. The van der Waals surface area contributed by atoms with Crippen molar-refractivity contribution >= 4 is 22.5 Å². The lowest BCUT2D eigenvalue weighted by Gasteiger charge is -2.36. The Kier molecular flexibility index (Phi) is 4.55. The van der Waals surface area contributed by atoms with Crippen molar-refractivity contribution in [3.05, 3.63) is 60.7 Å². The van der Waals surface area contributed by atoms with Gasteiger partial charge in [0.15, 0.2) is 0 Å². The van der Waals surface area contributed by atoms with E-state index in [0.717, 1.165) is 50.4 Å². The van der Waals surface area contributed by atoms with Crippen molar-refractivity contribution in [3.8, 4) is 11.3 Å². The minimum absolute atomic E-state index is 0.0507. The van der Waals surface area contributed by atoms with Crippen LogP contribution in [0, 0.1) is 0 Å². The predicted octanol–water partition coefficient (Wildman–Crippen LogP) is 3.23. The molecule has 3 aliphatic rings. The molecule has 0 aliphatic carbocycles. The molecule has 5 nitrogen and oxygen atoms in total. The van der Waals surface area contributed by atoms with E-state index in [0.29, 0.717) is 5.82 Å². The van der Waals surface area contributed by atoms with Crippen LogP contribution in [-0.4, -0.2) is 59.5 Å². The van der Waals surface area contributed by atoms with Crippen molar-refractivity contribution in [2.75, 3.05) is 38.0 Å². The first-order valence-corrected chi connectivity index (χ1v) is 10.00. The van der Waals surface area contributed by atoms with Gasteiger partial charge in [0.1, 0.15) is 11.9 Å². The Morgan fingerprint density at radius 2 is 1.82 bits per heavy atom. The van der Waals surface area contributed by atoms with Gasteiger partial charge in [-0.15, -0.1) is 0 Å². The summed E-state index contributed by atoms with van der Waals surface area (Å²) in [5, 5.41) is 5.45. The molecular formula is C23H24N4O. The van der Waals surface area contributed by atoms with Gasteiger partial charge in [-0.3, -0.25) is 14.6 Å². The third-order valence-electron chi connectivity index (χ3n) is 5.84. The molecule has 0 radical (unpaired) electrons. The van der Waals surface area contributed by atoms with Gasteiger partial charge in [0.2, 0.25) is 5.91 Å². The van der Waals surface area contributed by atoms with E-state index in [-0.39, 0.29) is 11.9 Å². The molecule has 3 unspecified atom stereocenters. The number of aromatic nitrogens is 1. The van der Waals surface area contributed by atoms with Crippen molar-refractivity contribution in [1.29, 1.82) is 0 Å². The van der Waals surface area contributed by atoms with Crippen LogP contribution in [0.4, 0.5) is 5.82 Å². The molecule has 3 aromatic rings. The first-order chi connectivity index (χ1) is 13.8. The zero-order valence-electron chi connectivity index (χ0n) is 15.8. The highest BCUT2D eigenvalue weighted by Gasteiger charge is 2.34. The Hall–Kier alpha value is -2.76. The minimum Gasteiger partial charge on any atom is -0.309 e. The molecule has 28 heavy (non-hydrogen) atoms. The molecule has 0 spiro atoms. The number of pyridine rings is 1. The lowest BCUT2D eigenvalue weighted by atomic mass is 10.0. The Bertz CT molecular complexity index is 1010. The van der Waals surface area contributed by atoms with E-state index in [1.807, 2.05) is 30.3 Å². The molecule has 5 heteroatoms. The maximum Gasteiger partial charge on any atom is 0.244 e. The van der Waals surface area contributed by atoms with Crippen LogP contribution in [0.25, 0.3) is 22.0 Å². The Morgan fingerprint density at radius 3 is 2.75 bits per heavy atom. The van der Waals surface area contributed by atoms with Crippen LogP contribution in [0.1, 0.15) is 6.42 Å². The number of carbonyl (C=O) groups is 1. The van der Waals surface area contributed by atoms with Gasteiger partial charge in [0, 0.05) is 31.7 Å². The molecule has 6 rings (SSSR count). The van der Waals surface area contributed by atoms with Gasteiger partial charge in [-0.1, -0.05) is 42.5 Å². The van der Waals surface area contributed by atoms with Gasteiger partial charge < -0.3 is 5.32 Å². The van der Waals surface area contributed by atoms with Gasteiger partial charge in [0.25, 0.3) is 0 Å². The fourth-order valence-electron chi connectivity index (χ4n) is 4.32. The average Bonchev–Trinajstić information content (AvgIpc) is 3.09. The number of anilines is 1. The summed E-state index contributed by atoms with van der Waals surface area (Å²) in [7, 11) is 0. The van der Waals surface area contributed by atoms with Crippen LogP contribution in [0.15, 0.2) is 60.7 Å². The normalized spacial score (nSPS) is 24.1. The van der Waals surface area contributed by atoms with Gasteiger partial charge in [-0.05, 0) is 41.9 Å². The number of nitrogens with one attached hydrogen (secondary N) is 1. The molecule has 3 atom stereocenters. The molecule has 3 aliphatic heterocycles. The van der Waals surface area contributed by atoms with Crippen LogP contribution in [-0.2, 0) is 4.79 Å². The second-order valence-electron chi connectivity index (χ2n) is 7.67. The van der Waals surface area contributed by atoms with Gasteiger partial charge in [-0.2, -0.15) is 0 Å². The predicted molar refractivity (Wildman–Crippen MR) is 112 cm³/mol. The highest BCUT2D eigenvalue weighted by Crippen LogP contribution is 2.24. The second-order valence-corrected chi connectivity index (χ2v) is 7.67. The highest BCUT2D eigenvalue weighted by molar-refractivity contribution is 5.94. The van der Waals surface area contributed by atoms with Gasteiger partial charge >= 0.3 is 0 Å². The van der Waals surface area contributed by atoms with E-state index in [9.17, 15) is 4.79 Å². The van der Waals surface area contributed by atoms with Crippen LogP contribution >= 0.6 is 0 Å². The molecule has 1 aromatic heterocycles. The SMILES string of the molecule is O=C(Nc1cccc(-c2ccc3ccccc3c2)n1)C1CN2CCCN1CC2. The number of hydrogen-bond donors (Lipinski definition) is 1. The van der Waals surface area contributed by atoms with Crippen molar-refractivity contribution in [3.63, 3.8) is 0 Å². The molecule has 1 N–H and O–H groups in total. The van der Waals surface area contributed by atoms with Crippen LogP contribution in [0.5, 0.6) is 0 Å². The zero-order valence-corrected chi connectivity index (χ0v) is 15.8. The van der Waals surface area contributed by atoms with Crippen molar-refractivity contribution in [1.82, 2.24) is 14.8 Å².